The van der Waals surface area contributed by atoms with E-state index in [1.54, 1.807) is 0 Å². The van der Waals surface area contributed by atoms with Crippen LogP contribution in [0.15, 0.2) is 29.3 Å². The van der Waals surface area contributed by atoms with Crippen LogP contribution in [-0.2, 0) is 0 Å². The van der Waals surface area contributed by atoms with E-state index in [0.29, 0.717) is 5.96 Å². The molecule has 0 heterocycles. The number of nitrogens with one attached hydrogen (secondary N) is 1. The van der Waals surface area contributed by atoms with E-state index in [-0.39, 0.29) is 0 Å². The molecule has 1 aliphatic carbocycles. The van der Waals surface area contributed by atoms with Crippen LogP contribution in [0.1, 0.15) is 44.1 Å². The number of hydrogen-bond donors (Lipinski definition) is 2. The second-order valence-electron chi connectivity index (χ2n) is 5.55. The first kappa shape index (κ1) is 13.9. The summed E-state index contributed by atoms with van der Waals surface area (Å²) >= 11 is 0. The van der Waals surface area contributed by atoms with Gasteiger partial charge in [0.15, 0.2) is 5.96 Å². The molecular weight excluding hydrogens is 234 g/mol. The summed E-state index contributed by atoms with van der Waals surface area (Å²) in [6, 6.07) is 8.17. The maximum absolute atomic E-state index is 5.89. The van der Waals surface area contributed by atoms with Crippen LogP contribution in [0.25, 0.3) is 0 Å². The van der Waals surface area contributed by atoms with E-state index in [1.807, 2.05) is 12.1 Å². The third-order valence-electron chi connectivity index (χ3n) is 3.82. The van der Waals surface area contributed by atoms with E-state index in [4.69, 9.17) is 5.73 Å². The molecule has 0 aliphatic heterocycles. The van der Waals surface area contributed by atoms with Gasteiger partial charge in [-0.05, 0) is 43.4 Å². The Morgan fingerprint density at radius 3 is 2.89 bits per heavy atom. The van der Waals surface area contributed by atoms with Crippen molar-refractivity contribution in [2.75, 3.05) is 11.9 Å². The molecule has 3 nitrogen and oxygen atoms in total. The third-order valence-corrected chi connectivity index (χ3v) is 3.82. The first-order valence-electron chi connectivity index (χ1n) is 7.37. The first-order valence-corrected chi connectivity index (χ1v) is 7.37. The Kier molecular flexibility index (Phi) is 5.25. The van der Waals surface area contributed by atoms with Gasteiger partial charge in [-0.25, -0.2) is 0 Å². The Labute approximate surface area is 116 Å². The van der Waals surface area contributed by atoms with Gasteiger partial charge in [0.2, 0.25) is 0 Å². The van der Waals surface area contributed by atoms with Crippen molar-refractivity contribution >= 4 is 11.6 Å². The van der Waals surface area contributed by atoms with Gasteiger partial charge in [-0.3, -0.25) is 4.99 Å². The highest BCUT2D eigenvalue weighted by molar-refractivity contribution is 5.92. The molecule has 0 saturated heterocycles. The number of benzene rings is 1. The van der Waals surface area contributed by atoms with E-state index < -0.39 is 0 Å². The number of nitrogens with zero attached hydrogens (tertiary/aromatic N) is 1. The molecule has 1 saturated carbocycles. The molecule has 0 bridgehead atoms. The zero-order valence-corrected chi connectivity index (χ0v) is 11.9. The summed E-state index contributed by atoms with van der Waals surface area (Å²) in [5.41, 5.74) is 8.12. The summed E-state index contributed by atoms with van der Waals surface area (Å²) in [5, 5.41) is 3.14. The van der Waals surface area contributed by atoms with E-state index >= 15 is 0 Å². The highest BCUT2D eigenvalue weighted by Crippen LogP contribution is 2.28. The van der Waals surface area contributed by atoms with Crippen LogP contribution < -0.4 is 11.1 Å². The van der Waals surface area contributed by atoms with Crippen molar-refractivity contribution in [1.82, 2.24) is 0 Å². The standard InChI is InChI=1S/C16H25N3/c1-13-6-4-10-15(12-13)19-16(17)18-11-5-9-14-7-2-3-8-14/h4,6,10,12,14H,2-3,5,7-9,11H2,1H3,(H3,17,18,19). The van der Waals surface area contributed by atoms with Crippen molar-refractivity contribution in [3.05, 3.63) is 29.8 Å². The fraction of sp³-hybridized carbons (Fsp3) is 0.562. The number of hydrogen-bond acceptors (Lipinski definition) is 1. The number of aliphatic imine (C=N–C) groups is 1. The largest absolute Gasteiger partial charge is 0.370 e. The molecule has 3 N–H and O–H groups in total. The number of anilines is 1. The number of nitrogens with two attached hydrogens (primary N) is 1. The fourth-order valence-electron chi connectivity index (χ4n) is 2.79. The van der Waals surface area contributed by atoms with Gasteiger partial charge < -0.3 is 11.1 Å². The first-order chi connectivity index (χ1) is 9.24. The lowest BCUT2D eigenvalue weighted by Crippen LogP contribution is -2.22. The normalized spacial score (nSPS) is 16.8. The second kappa shape index (κ2) is 7.17. The van der Waals surface area contributed by atoms with Crippen LogP contribution >= 0.6 is 0 Å². The molecule has 0 atom stereocenters. The van der Waals surface area contributed by atoms with Gasteiger partial charge in [0.1, 0.15) is 0 Å². The average molecular weight is 259 g/mol. The van der Waals surface area contributed by atoms with Crippen LogP contribution in [0.2, 0.25) is 0 Å². The summed E-state index contributed by atoms with van der Waals surface area (Å²) in [5.74, 6) is 1.47. The smallest absolute Gasteiger partial charge is 0.193 e. The molecule has 3 heteroatoms. The zero-order chi connectivity index (χ0) is 13.5. The van der Waals surface area contributed by atoms with Crippen molar-refractivity contribution in [3.63, 3.8) is 0 Å². The quantitative estimate of drug-likeness (QED) is 0.481. The summed E-state index contributed by atoms with van der Waals surface area (Å²) in [6.45, 7) is 2.90. The molecular formula is C16H25N3. The highest BCUT2D eigenvalue weighted by atomic mass is 15.1. The van der Waals surface area contributed by atoms with Crippen LogP contribution in [0, 0.1) is 12.8 Å². The Hall–Kier alpha value is -1.51. The third kappa shape index (κ3) is 4.93. The van der Waals surface area contributed by atoms with Crippen molar-refractivity contribution in [2.45, 2.75) is 45.4 Å². The molecule has 1 aromatic rings. The minimum Gasteiger partial charge on any atom is -0.370 e. The molecule has 0 spiro atoms. The van der Waals surface area contributed by atoms with Gasteiger partial charge in [-0.15, -0.1) is 0 Å². The minimum absolute atomic E-state index is 0.525. The molecule has 104 valence electrons. The molecule has 0 radical (unpaired) electrons. The SMILES string of the molecule is Cc1cccc(NC(N)=NCCCC2CCCC2)c1. The molecule has 0 unspecified atom stereocenters. The molecule has 0 aromatic heterocycles. The Bertz CT molecular complexity index is 420. The predicted octanol–water partition coefficient (Wildman–Crippen LogP) is 3.69. The summed E-state index contributed by atoms with van der Waals surface area (Å²) in [6.07, 6.45) is 8.14. The van der Waals surface area contributed by atoms with Crippen LogP contribution in [0.4, 0.5) is 5.69 Å². The van der Waals surface area contributed by atoms with Gasteiger partial charge in [0.25, 0.3) is 0 Å². The van der Waals surface area contributed by atoms with Crippen LogP contribution in [0.5, 0.6) is 0 Å². The van der Waals surface area contributed by atoms with Crippen LogP contribution in [0.3, 0.4) is 0 Å². The monoisotopic (exact) mass is 259 g/mol. The second-order valence-corrected chi connectivity index (χ2v) is 5.55. The lowest BCUT2D eigenvalue weighted by Gasteiger charge is -2.08. The molecule has 2 rings (SSSR count). The van der Waals surface area contributed by atoms with Crippen LogP contribution in [-0.4, -0.2) is 12.5 Å². The van der Waals surface area contributed by atoms with Gasteiger partial charge in [0, 0.05) is 12.2 Å². The zero-order valence-electron chi connectivity index (χ0n) is 11.9. The topological polar surface area (TPSA) is 50.4 Å². The molecule has 1 aliphatic rings. The van der Waals surface area contributed by atoms with Gasteiger partial charge >= 0.3 is 0 Å². The maximum atomic E-state index is 5.89. The predicted molar refractivity (Wildman–Crippen MR) is 82.5 cm³/mol. The summed E-state index contributed by atoms with van der Waals surface area (Å²) < 4.78 is 0. The Morgan fingerprint density at radius 2 is 2.16 bits per heavy atom. The van der Waals surface area contributed by atoms with E-state index in [2.05, 4.69) is 29.4 Å². The van der Waals surface area contributed by atoms with Crippen molar-refractivity contribution < 1.29 is 0 Å². The van der Waals surface area contributed by atoms with E-state index in [1.165, 1.54) is 37.7 Å². The van der Waals surface area contributed by atoms with E-state index in [0.717, 1.165) is 24.6 Å². The molecule has 1 fully saturated rings. The maximum Gasteiger partial charge on any atom is 0.193 e. The molecule has 0 amide bonds. The van der Waals surface area contributed by atoms with E-state index in [9.17, 15) is 0 Å². The highest BCUT2D eigenvalue weighted by Gasteiger charge is 2.13. The lowest BCUT2D eigenvalue weighted by atomic mass is 10.0. The van der Waals surface area contributed by atoms with Gasteiger partial charge in [-0.2, -0.15) is 0 Å². The summed E-state index contributed by atoms with van der Waals surface area (Å²) in [7, 11) is 0. The number of rotatable bonds is 5. The van der Waals surface area contributed by atoms with Gasteiger partial charge in [0.05, 0.1) is 0 Å². The molecule has 1 aromatic carbocycles. The Morgan fingerprint density at radius 1 is 1.37 bits per heavy atom. The minimum atomic E-state index is 0.525. The number of aryl methyl sites for hydroxylation is 1. The lowest BCUT2D eigenvalue weighted by molar-refractivity contribution is 0.488. The fourth-order valence-corrected chi connectivity index (χ4v) is 2.79. The summed E-state index contributed by atoms with van der Waals surface area (Å²) in [4.78, 5) is 4.39. The Balaban J connectivity index is 1.70. The average Bonchev–Trinajstić information content (AvgIpc) is 2.88. The van der Waals surface area contributed by atoms with Crippen molar-refractivity contribution in [1.29, 1.82) is 0 Å². The van der Waals surface area contributed by atoms with Gasteiger partial charge in [-0.1, -0.05) is 37.8 Å². The molecule has 19 heavy (non-hydrogen) atoms. The number of guanidine groups is 1. The van der Waals surface area contributed by atoms with Crippen molar-refractivity contribution in [2.24, 2.45) is 16.6 Å². The van der Waals surface area contributed by atoms with Crippen molar-refractivity contribution in [3.8, 4) is 0 Å².